The maximum absolute atomic E-state index is 12.4. The van der Waals surface area contributed by atoms with Crippen LogP contribution in [0.5, 0.6) is 0 Å². The Labute approximate surface area is 114 Å². The van der Waals surface area contributed by atoms with E-state index in [4.69, 9.17) is 0 Å². The number of aromatic nitrogens is 2. The van der Waals surface area contributed by atoms with Gasteiger partial charge in [0.25, 0.3) is 5.91 Å². The molecule has 1 fully saturated rings. The molecule has 5 nitrogen and oxygen atoms in total. The van der Waals surface area contributed by atoms with Gasteiger partial charge < -0.3 is 10.0 Å². The van der Waals surface area contributed by atoms with Crippen molar-refractivity contribution in [1.29, 1.82) is 0 Å². The SMILES string of the molecule is CCc1c(C(=O)N2CC[C@@H](O)C2)cnn1CC(C)C. The third-order valence-electron chi connectivity index (χ3n) is 3.50. The molecule has 0 aromatic carbocycles. The van der Waals surface area contributed by atoms with E-state index >= 15 is 0 Å². The van der Waals surface area contributed by atoms with Crippen molar-refractivity contribution in [3.63, 3.8) is 0 Å². The number of carbonyl (C=O) groups excluding carboxylic acids is 1. The topological polar surface area (TPSA) is 58.4 Å². The van der Waals surface area contributed by atoms with E-state index in [9.17, 15) is 9.90 Å². The zero-order valence-electron chi connectivity index (χ0n) is 12.0. The molecule has 1 N–H and O–H groups in total. The van der Waals surface area contributed by atoms with E-state index in [2.05, 4.69) is 18.9 Å². The molecule has 0 unspecified atom stereocenters. The van der Waals surface area contributed by atoms with Crippen LogP contribution >= 0.6 is 0 Å². The van der Waals surface area contributed by atoms with E-state index in [-0.39, 0.29) is 12.0 Å². The number of amides is 1. The van der Waals surface area contributed by atoms with Gasteiger partial charge in [-0.1, -0.05) is 20.8 Å². The van der Waals surface area contributed by atoms with Crippen LogP contribution < -0.4 is 0 Å². The monoisotopic (exact) mass is 265 g/mol. The molecule has 1 saturated heterocycles. The number of hydrogen-bond acceptors (Lipinski definition) is 3. The average molecular weight is 265 g/mol. The van der Waals surface area contributed by atoms with E-state index in [1.165, 1.54) is 0 Å². The Kier molecular flexibility index (Phi) is 4.24. The first-order valence-electron chi connectivity index (χ1n) is 7.05. The Hall–Kier alpha value is -1.36. The normalized spacial score (nSPS) is 19.4. The van der Waals surface area contributed by atoms with Crippen molar-refractivity contribution >= 4 is 5.91 Å². The Balaban J connectivity index is 2.20. The van der Waals surface area contributed by atoms with Gasteiger partial charge in [-0.2, -0.15) is 5.10 Å². The zero-order valence-corrected chi connectivity index (χ0v) is 12.0. The molecule has 0 radical (unpaired) electrons. The lowest BCUT2D eigenvalue weighted by Crippen LogP contribution is -2.30. The van der Waals surface area contributed by atoms with E-state index in [1.54, 1.807) is 11.1 Å². The van der Waals surface area contributed by atoms with Crippen LogP contribution in [0.4, 0.5) is 0 Å². The van der Waals surface area contributed by atoms with Crippen molar-refractivity contribution in [2.24, 2.45) is 5.92 Å². The molecule has 5 heteroatoms. The molecule has 1 amide bonds. The number of carbonyl (C=O) groups is 1. The summed E-state index contributed by atoms with van der Waals surface area (Å²) in [4.78, 5) is 14.2. The second kappa shape index (κ2) is 5.74. The minimum Gasteiger partial charge on any atom is -0.391 e. The fraction of sp³-hybridized carbons (Fsp3) is 0.714. The molecular weight excluding hydrogens is 242 g/mol. The van der Waals surface area contributed by atoms with Crippen molar-refractivity contribution < 1.29 is 9.90 Å². The van der Waals surface area contributed by atoms with Gasteiger partial charge in [0.2, 0.25) is 0 Å². The lowest BCUT2D eigenvalue weighted by molar-refractivity contribution is 0.0763. The Morgan fingerprint density at radius 1 is 1.58 bits per heavy atom. The highest BCUT2D eigenvalue weighted by molar-refractivity contribution is 5.95. The van der Waals surface area contributed by atoms with Gasteiger partial charge in [0.05, 0.1) is 23.6 Å². The summed E-state index contributed by atoms with van der Waals surface area (Å²) in [6, 6.07) is 0. The molecule has 1 aliphatic heterocycles. The lowest BCUT2D eigenvalue weighted by Gasteiger charge is -2.16. The Bertz CT molecular complexity index is 454. The molecule has 0 aliphatic carbocycles. The van der Waals surface area contributed by atoms with Gasteiger partial charge in [-0.05, 0) is 18.8 Å². The van der Waals surface area contributed by atoms with Gasteiger partial charge in [-0.15, -0.1) is 0 Å². The van der Waals surface area contributed by atoms with Gasteiger partial charge in [0.15, 0.2) is 0 Å². The molecule has 1 atom stereocenters. The summed E-state index contributed by atoms with van der Waals surface area (Å²) < 4.78 is 1.93. The first kappa shape index (κ1) is 14.1. The van der Waals surface area contributed by atoms with E-state index in [0.717, 1.165) is 18.7 Å². The molecule has 19 heavy (non-hydrogen) atoms. The highest BCUT2D eigenvalue weighted by Crippen LogP contribution is 2.18. The molecule has 1 aromatic heterocycles. The number of aliphatic hydroxyl groups is 1. The van der Waals surface area contributed by atoms with Crippen molar-refractivity contribution in [2.45, 2.75) is 46.3 Å². The molecule has 0 saturated carbocycles. The van der Waals surface area contributed by atoms with Crippen molar-refractivity contribution in [3.05, 3.63) is 17.5 Å². The molecular formula is C14H23N3O2. The number of likely N-dealkylation sites (tertiary alicyclic amines) is 1. The first-order chi connectivity index (χ1) is 9.02. The molecule has 0 bridgehead atoms. The minimum absolute atomic E-state index is 0.00315. The summed E-state index contributed by atoms with van der Waals surface area (Å²) in [7, 11) is 0. The van der Waals surface area contributed by atoms with Gasteiger partial charge in [-0.3, -0.25) is 9.48 Å². The fourth-order valence-corrected chi connectivity index (χ4v) is 2.56. The molecule has 0 spiro atoms. The number of β-amino-alcohol motifs (C(OH)–C–C–N with tert-alkyl or cyclic N) is 1. The van der Waals surface area contributed by atoms with Crippen LogP contribution in [0.1, 0.15) is 43.2 Å². The van der Waals surface area contributed by atoms with E-state index in [1.807, 2.05) is 11.6 Å². The number of rotatable bonds is 4. The Morgan fingerprint density at radius 3 is 2.84 bits per heavy atom. The van der Waals surface area contributed by atoms with Gasteiger partial charge in [0.1, 0.15) is 0 Å². The summed E-state index contributed by atoms with van der Waals surface area (Å²) >= 11 is 0. The lowest BCUT2D eigenvalue weighted by atomic mass is 10.1. The third-order valence-corrected chi connectivity index (χ3v) is 3.50. The van der Waals surface area contributed by atoms with E-state index in [0.29, 0.717) is 31.0 Å². The third kappa shape index (κ3) is 2.97. The van der Waals surface area contributed by atoms with Crippen LogP contribution in [0.2, 0.25) is 0 Å². The van der Waals surface area contributed by atoms with Crippen LogP contribution in [-0.4, -0.2) is 44.9 Å². The molecule has 1 aliphatic rings. The molecule has 1 aromatic rings. The van der Waals surface area contributed by atoms with Crippen LogP contribution in [-0.2, 0) is 13.0 Å². The largest absolute Gasteiger partial charge is 0.391 e. The van der Waals surface area contributed by atoms with Gasteiger partial charge in [-0.25, -0.2) is 0 Å². The predicted molar refractivity (Wildman–Crippen MR) is 73.0 cm³/mol. The number of nitrogens with zero attached hydrogens (tertiary/aromatic N) is 3. The highest BCUT2D eigenvalue weighted by atomic mass is 16.3. The van der Waals surface area contributed by atoms with Crippen molar-refractivity contribution in [3.8, 4) is 0 Å². The zero-order chi connectivity index (χ0) is 14.0. The number of hydrogen-bond donors (Lipinski definition) is 1. The molecule has 2 rings (SSSR count). The predicted octanol–water partition coefficient (Wildman–Crippen LogP) is 1.31. The number of aliphatic hydroxyl groups excluding tert-OH is 1. The summed E-state index contributed by atoms with van der Waals surface area (Å²) in [5.41, 5.74) is 1.69. The van der Waals surface area contributed by atoms with Gasteiger partial charge >= 0.3 is 0 Å². The molecule has 2 heterocycles. The van der Waals surface area contributed by atoms with Crippen molar-refractivity contribution in [2.75, 3.05) is 13.1 Å². The standard InChI is InChI=1S/C14H23N3O2/c1-4-13-12(7-15-17(13)8-10(2)3)14(19)16-6-5-11(18)9-16/h7,10-11,18H,4-6,8-9H2,1-3H3/t11-/m1/s1. The Morgan fingerprint density at radius 2 is 2.32 bits per heavy atom. The summed E-state index contributed by atoms with van der Waals surface area (Å²) in [5, 5.41) is 13.9. The highest BCUT2D eigenvalue weighted by Gasteiger charge is 2.28. The maximum Gasteiger partial charge on any atom is 0.257 e. The van der Waals surface area contributed by atoms with Crippen LogP contribution in [0.25, 0.3) is 0 Å². The molecule has 106 valence electrons. The van der Waals surface area contributed by atoms with E-state index < -0.39 is 0 Å². The fourth-order valence-electron chi connectivity index (χ4n) is 2.56. The quantitative estimate of drug-likeness (QED) is 0.893. The first-order valence-corrected chi connectivity index (χ1v) is 7.05. The van der Waals surface area contributed by atoms with Crippen LogP contribution in [0.15, 0.2) is 6.20 Å². The second-order valence-corrected chi connectivity index (χ2v) is 5.63. The maximum atomic E-state index is 12.4. The van der Waals surface area contributed by atoms with Crippen LogP contribution in [0.3, 0.4) is 0 Å². The summed E-state index contributed by atoms with van der Waals surface area (Å²) in [6.07, 6.45) is 2.77. The van der Waals surface area contributed by atoms with Crippen molar-refractivity contribution in [1.82, 2.24) is 14.7 Å². The minimum atomic E-state index is -0.375. The summed E-state index contributed by atoms with van der Waals surface area (Å²) in [6.45, 7) is 8.23. The average Bonchev–Trinajstić information content (AvgIpc) is 2.94. The smallest absolute Gasteiger partial charge is 0.257 e. The second-order valence-electron chi connectivity index (χ2n) is 5.63. The summed E-state index contributed by atoms with van der Waals surface area (Å²) in [5.74, 6) is 0.505. The van der Waals surface area contributed by atoms with Crippen LogP contribution in [0, 0.1) is 5.92 Å². The van der Waals surface area contributed by atoms with Gasteiger partial charge in [0, 0.05) is 19.6 Å².